The fraction of sp³-hybridized carbons (Fsp3) is 0.944. The third-order valence-corrected chi connectivity index (χ3v) is 5.63. The Morgan fingerprint density at radius 2 is 1.95 bits per heavy atom. The van der Waals surface area contributed by atoms with E-state index in [2.05, 4.69) is 12.2 Å². The van der Waals surface area contributed by atoms with Crippen LogP contribution in [0.25, 0.3) is 0 Å². The summed E-state index contributed by atoms with van der Waals surface area (Å²) in [6, 6.07) is 1.20. The Hall–Kier alpha value is -0.770. The predicted molar refractivity (Wildman–Crippen MR) is 87.9 cm³/mol. The average molecular weight is 308 g/mol. The van der Waals surface area contributed by atoms with Crippen LogP contribution >= 0.6 is 0 Å². The molecule has 126 valence electrons. The monoisotopic (exact) mass is 308 g/mol. The summed E-state index contributed by atoms with van der Waals surface area (Å²) < 4.78 is 5.64. The van der Waals surface area contributed by atoms with E-state index >= 15 is 0 Å². The highest BCUT2D eigenvalue weighted by atomic mass is 16.6. The van der Waals surface area contributed by atoms with E-state index in [0.717, 1.165) is 38.1 Å². The SMILES string of the molecule is CC(NC1CCN(C(=O)OC(C)(C)C)C2(CCC2)C1)C1CC1. The first kappa shape index (κ1) is 16.1. The molecule has 0 aromatic heterocycles. The Bertz CT molecular complexity index is 421. The Kier molecular flexibility index (Phi) is 4.17. The van der Waals surface area contributed by atoms with Crippen LogP contribution in [0.5, 0.6) is 0 Å². The van der Waals surface area contributed by atoms with E-state index < -0.39 is 5.60 Å². The number of ether oxygens (including phenoxy) is 1. The normalized spacial score (nSPS) is 29.1. The molecule has 1 spiro atoms. The van der Waals surface area contributed by atoms with E-state index in [1.165, 1.54) is 19.3 Å². The third-order valence-electron chi connectivity index (χ3n) is 5.63. The minimum Gasteiger partial charge on any atom is -0.444 e. The Morgan fingerprint density at radius 3 is 2.45 bits per heavy atom. The standard InChI is InChI=1S/C18H32N2O2/c1-13(14-6-7-14)19-15-8-11-20(16(21)22-17(2,3)4)18(12-15)9-5-10-18/h13-15,19H,5-12H2,1-4H3. The molecule has 0 aromatic carbocycles. The van der Waals surface area contributed by atoms with Crippen molar-refractivity contribution in [2.45, 2.75) is 95.9 Å². The number of piperidine rings is 1. The topological polar surface area (TPSA) is 41.6 Å². The smallest absolute Gasteiger partial charge is 0.410 e. The largest absolute Gasteiger partial charge is 0.444 e. The van der Waals surface area contributed by atoms with Gasteiger partial charge in [0.15, 0.2) is 0 Å². The van der Waals surface area contributed by atoms with E-state index in [1.54, 1.807) is 0 Å². The zero-order valence-corrected chi connectivity index (χ0v) is 14.7. The van der Waals surface area contributed by atoms with Gasteiger partial charge in [0.25, 0.3) is 0 Å². The number of carbonyl (C=O) groups excluding carboxylic acids is 1. The summed E-state index contributed by atoms with van der Waals surface area (Å²) >= 11 is 0. The van der Waals surface area contributed by atoms with Crippen LogP contribution in [0.3, 0.4) is 0 Å². The fourth-order valence-electron chi connectivity index (χ4n) is 4.10. The first-order chi connectivity index (χ1) is 10.3. The van der Waals surface area contributed by atoms with E-state index in [0.29, 0.717) is 12.1 Å². The number of nitrogens with zero attached hydrogens (tertiary/aromatic N) is 1. The molecule has 1 amide bonds. The van der Waals surface area contributed by atoms with Crippen LogP contribution in [0.4, 0.5) is 4.79 Å². The maximum absolute atomic E-state index is 12.6. The molecule has 4 heteroatoms. The number of amides is 1. The van der Waals surface area contributed by atoms with Crippen molar-refractivity contribution in [1.29, 1.82) is 0 Å². The summed E-state index contributed by atoms with van der Waals surface area (Å²) in [5, 5.41) is 3.83. The average Bonchev–Trinajstić information content (AvgIpc) is 3.18. The second-order valence-corrected chi connectivity index (χ2v) is 8.69. The van der Waals surface area contributed by atoms with Gasteiger partial charge in [0, 0.05) is 24.2 Å². The van der Waals surface area contributed by atoms with Gasteiger partial charge < -0.3 is 15.0 Å². The maximum atomic E-state index is 12.6. The third kappa shape index (κ3) is 3.42. The van der Waals surface area contributed by atoms with Crippen molar-refractivity contribution < 1.29 is 9.53 Å². The number of carbonyl (C=O) groups is 1. The second-order valence-electron chi connectivity index (χ2n) is 8.69. The van der Waals surface area contributed by atoms with Crippen LogP contribution in [0.1, 0.15) is 72.6 Å². The molecular weight excluding hydrogens is 276 g/mol. The molecular formula is C18H32N2O2. The van der Waals surface area contributed by atoms with Crippen molar-refractivity contribution in [3.63, 3.8) is 0 Å². The summed E-state index contributed by atoms with van der Waals surface area (Å²) in [7, 11) is 0. The minimum absolute atomic E-state index is 0.0710. The Labute approximate surface area is 135 Å². The van der Waals surface area contributed by atoms with Crippen molar-refractivity contribution in [3.8, 4) is 0 Å². The van der Waals surface area contributed by atoms with Crippen LogP contribution in [0.15, 0.2) is 0 Å². The van der Waals surface area contributed by atoms with Crippen molar-refractivity contribution in [3.05, 3.63) is 0 Å². The molecule has 2 atom stereocenters. The summed E-state index contributed by atoms with van der Waals surface area (Å²) in [5.41, 5.74) is -0.334. The lowest BCUT2D eigenvalue weighted by atomic mass is 9.69. The summed E-state index contributed by atoms with van der Waals surface area (Å²) in [5.74, 6) is 0.890. The van der Waals surface area contributed by atoms with Crippen LogP contribution in [0, 0.1) is 5.92 Å². The minimum atomic E-state index is -0.405. The highest BCUT2D eigenvalue weighted by Crippen LogP contribution is 2.45. The molecule has 2 saturated carbocycles. The van der Waals surface area contributed by atoms with E-state index in [9.17, 15) is 4.79 Å². The molecule has 1 N–H and O–H groups in total. The van der Waals surface area contributed by atoms with E-state index in [4.69, 9.17) is 4.74 Å². The molecule has 3 aliphatic rings. The van der Waals surface area contributed by atoms with E-state index in [-0.39, 0.29) is 11.6 Å². The predicted octanol–water partition coefficient (Wildman–Crippen LogP) is 3.70. The van der Waals surface area contributed by atoms with Crippen LogP contribution in [-0.4, -0.2) is 40.8 Å². The lowest BCUT2D eigenvalue weighted by Gasteiger charge is -2.55. The summed E-state index contributed by atoms with van der Waals surface area (Å²) in [4.78, 5) is 14.6. The summed E-state index contributed by atoms with van der Waals surface area (Å²) in [6.45, 7) is 9.01. The van der Waals surface area contributed by atoms with Crippen LogP contribution in [-0.2, 0) is 4.74 Å². The molecule has 1 saturated heterocycles. The molecule has 2 aliphatic carbocycles. The molecule has 3 fully saturated rings. The number of hydrogen-bond donors (Lipinski definition) is 1. The molecule has 22 heavy (non-hydrogen) atoms. The molecule has 4 nitrogen and oxygen atoms in total. The molecule has 3 rings (SSSR count). The molecule has 0 aromatic rings. The van der Waals surface area contributed by atoms with Gasteiger partial charge >= 0.3 is 6.09 Å². The van der Waals surface area contributed by atoms with Crippen molar-refractivity contribution in [2.75, 3.05) is 6.54 Å². The highest BCUT2D eigenvalue weighted by molar-refractivity contribution is 5.69. The van der Waals surface area contributed by atoms with Crippen LogP contribution < -0.4 is 5.32 Å². The van der Waals surface area contributed by atoms with Crippen LogP contribution in [0.2, 0.25) is 0 Å². The number of rotatable bonds is 3. The zero-order valence-electron chi connectivity index (χ0n) is 14.7. The lowest BCUT2D eigenvalue weighted by Crippen LogP contribution is -2.64. The van der Waals surface area contributed by atoms with Gasteiger partial charge in [0.1, 0.15) is 5.60 Å². The van der Waals surface area contributed by atoms with Crippen molar-refractivity contribution in [2.24, 2.45) is 5.92 Å². The number of hydrogen-bond acceptors (Lipinski definition) is 3. The van der Waals surface area contributed by atoms with Gasteiger partial charge in [-0.15, -0.1) is 0 Å². The molecule has 0 radical (unpaired) electrons. The maximum Gasteiger partial charge on any atom is 0.410 e. The fourth-order valence-corrected chi connectivity index (χ4v) is 4.10. The van der Waals surface area contributed by atoms with Crippen molar-refractivity contribution >= 4 is 6.09 Å². The van der Waals surface area contributed by atoms with E-state index in [1.807, 2.05) is 25.7 Å². The van der Waals surface area contributed by atoms with Gasteiger partial charge in [0.05, 0.1) is 0 Å². The van der Waals surface area contributed by atoms with Gasteiger partial charge in [-0.2, -0.15) is 0 Å². The lowest BCUT2D eigenvalue weighted by molar-refractivity contribution is -0.0501. The first-order valence-electron chi connectivity index (χ1n) is 9.06. The molecule has 2 unspecified atom stereocenters. The number of nitrogens with one attached hydrogen (secondary N) is 1. The van der Waals surface area contributed by atoms with Gasteiger partial charge in [-0.05, 0) is 78.6 Å². The highest BCUT2D eigenvalue weighted by Gasteiger charge is 2.50. The van der Waals surface area contributed by atoms with Gasteiger partial charge in [-0.25, -0.2) is 4.79 Å². The number of likely N-dealkylation sites (tertiary alicyclic amines) is 1. The Morgan fingerprint density at radius 1 is 1.27 bits per heavy atom. The molecule has 1 aliphatic heterocycles. The van der Waals surface area contributed by atoms with Gasteiger partial charge in [0.2, 0.25) is 0 Å². The zero-order chi connectivity index (χ0) is 16.0. The quantitative estimate of drug-likeness (QED) is 0.864. The molecule has 1 heterocycles. The van der Waals surface area contributed by atoms with Crippen molar-refractivity contribution in [1.82, 2.24) is 10.2 Å². The van der Waals surface area contributed by atoms with Gasteiger partial charge in [-0.3, -0.25) is 0 Å². The van der Waals surface area contributed by atoms with Gasteiger partial charge in [-0.1, -0.05) is 0 Å². The summed E-state index contributed by atoms with van der Waals surface area (Å²) in [6.07, 6.45) is 8.34. The molecule has 0 bridgehead atoms. The Balaban J connectivity index is 1.61. The second kappa shape index (κ2) is 5.70. The first-order valence-corrected chi connectivity index (χ1v) is 9.06.